The summed E-state index contributed by atoms with van der Waals surface area (Å²) in [5, 5.41) is 12.7. The summed E-state index contributed by atoms with van der Waals surface area (Å²) in [5.41, 5.74) is 19.3. The lowest BCUT2D eigenvalue weighted by atomic mass is 9.79. The Hall–Kier alpha value is -7.04. The van der Waals surface area contributed by atoms with Crippen molar-refractivity contribution in [3.8, 4) is 78.6 Å². The Balaban J connectivity index is 1.38. The van der Waals surface area contributed by atoms with Crippen LogP contribution in [-0.2, 0) is 21.7 Å². The molecule has 0 fully saturated rings. The molecule has 9 rings (SSSR count). The van der Waals surface area contributed by atoms with Crippen LogP contribution < -0.4 is 0 Å². The minimum Gasteiger partial charge on any atom is -0.507 e. The summed E-state index contributed by atoms with van der Waals surface area (Å²) in [4.78, 5) is 10.7. The maximum absolute atomic E-state index is 12.7. The number of para-hydroxylation sites is 1. The second-order valence-corrected chi connectivity index (χ2v) is 23.1. The van der Waals surface area contributed by atoms with Crippen LogP contribution in [0.3, 0.4) is 0 Å². The largest absolute Gasteiger partial charge is 0.507 e. The molecule has 4 nitrogen and oxygen atoms in total. The SMILES string of the molecule is Cc1cc(-n2c(-c3cc(C(C)(C)C)cc(C(C)(C)C)c3O)nc3c(-c4cc(-c5cc(-c6ccccc6)ccn5)cc(C(C)(C)C)c4)cccc32)c(-c2ccc(C(C)(C)C)cc2)cc1-c1ccccc1. The zero-order valence-corrected chi connectivity index (χ0v) is 42.9. The molecule has 0 bridgehead atoms. The fourth-order valence-electron chi connectivity index (χ4n) is 9.52. The van der Waals surface area contributed by atoms with E-state index in [2.05, 4.69) is 252 Å². The number of rotatable bonds is 7. The maximum Gasteiger partial charge on any atom is 0.149 e. The third-order valence-electron chi connectivity index (χ3n) is 13.7. The molecule has 1 N–H and O–H groups in total. The van der Waals surface area contributed by atoms with Gasteiger partial charge in [-0.25, -0.2) is 4.98 Å². The number of phenolic OH excluding ortho intramolecular Hbond substituents is 1. The first-order valence-corrected chi connectivity index (χ1v) is 24.5. The molecule has 9 aromatic rings. The zero-order valence-electron chi connectivity index (χ0n) is 42.9. The third-order valence-corrected chi connectivity index (χ3v) is 13.7. The van der Waals surface area contributed by atoms with Crippen molar-refractivity contribution in [2.45, 2.75) is 112 Å². The molecule has 0 amide bonds. The predicted octanol–water partition coefficient (Wildman–Crippen LogP) is 17.6. The van der Waals surface area contributed by atoms with Gasteiger partial charge in [-0.05, 0) is 133 Å². The number of hydrogen-bond donors (Lipinski definition) is 1. The van der Waals surface area contributed by atoms with Crippen molar-refractivity contribution in [2.24, 2.45) is 0 Å². The van der Waals surface area contributed by atoms with E-state index in [1.807, 2.05) is 6.20 Å². The molecule has 0 aliphatic heterocycles. The van der Waals surface area contributed by atoms with E-state index in [0.29, 0.717) is 11.4 Å². The summed E-state index contributed by atoms with van der Waals surface area (Å²) < 4.78 is 2.32. The monoisotopic (exact) mass is 906 g/mol. The second-order valence-electron chi connectivity index (χ2n) is 23.1. The van der Waals surface area contributed by atoms with Crippen LogP contribution in [0, 0.1) is 6.92 Å². The number of imidazole rings is 1. The predicted molar refractivity (Wildman–Crippen MR) is 293 cm³/mol. The van der Waals surface area contributed by atoms with Crippen molar-refractivity contribution in [1.82, 2.24) is 14.5 Å². The van der Waals surface area contributed by atoms with Crippen LogP contribution in [0.15, 0.2) is 164 Å². The lowest BCUT2D eigenvalue weighted by Crippen LogP contribution is -2.17. The lowest BCUT2D eigenvalue weighted by Gasteiger charge is -2.28. The van der Waals surface area contributed by atoms with E-state index >= 15 is 0 Å². The Labute approximate surface area is 410 Å². The molecule has 0 atom stereocenters. The van der Waals surface area contributed by atoms with Crippen LogP contribution in [0.4, 0.5) is 0 Å². The Morgan fingerprint density at radius 2 is 1.01 bits per heavy atom. The van der Waals surface area contributed by atoms with Crippen molar-refractivity contribution in [3.63, 3.8) is 0 Å². The maximum atomic E-state index is 12.7. The van der Waals surface area contributed by atoms with E-state index < -0.39 is 0 Å². The molecule has 7 aromatic carbocycles. The standard InChI is InChI=1S/C65H67N3O/c1-41-33-58(53(40-52(41)43-23-18-15-19-24-43)44-27-29-48(30-28-44)62(2,3)4)68-57-26-20-25-51(59(57)67-61(68)54-38-50(64(8,9)10)39-55(60(54)69)65(11,12)13)46-34-47(36-49(35-46)63(5,6)7)56-37-45(31-32-66-56)42-21-16-14-17-22-42/h14-40,69H,1-13H3. The molecular weight excluding hydrogens is 839 g/mol. The van der Waals surface area contributed by atoms with Crippen molar-refractivity contribution in [3.05, 3.63) is 192 Å². The molecule has 69 heavy (non-hydrogen) atoms. The highest BCUT2D eigenvalue weighted by Crippen LogP contribution is 2.47. The summed E-state index contributed by atoms with van der Waals surface area (Å²) in [7, 11) is 0. The average molecular weight is 906 g/mol. The van der Waals surface area contributed by atoms with Gasteiger partial charge in [0.25, 0.3) is 0 Å². The van der Waals surface area contributed by atoms with Crippen molar-refractivity contribution >= 4 is 11.0 Å². The first kappa shape index (κ1) is 47.0. The molecule has 2 aromatic heterocycles. The van der Waals surface area contributed by atoms with Crippen LogP contribution in [0.2, 0.25) is 0 Å². The van der Waals surface area contributed by atoms with Gasteiger partial charge in [-0.15, -0.1) is 0 Å². The number of benzene rings is 7. The number of hydrogen-bond acceptors (Lipinski definition) is 3. The average Bonchev–Trinajstić information content (AvgIpc) is 3.70. The van der Waals surface area contributed by atoms with Gasteiger partial charge in [-0.1, -0.05) is 192 Å². The molecule has 0 aliphatic carbocycles. The first-order valence-electron chi connectivity index (χ1n) is 24.5. The molecule has 348 valence electrons. The number of fused-ring (bicyclic) bond motifs is 1. The highest BCUT2D eigenvalue weighted by Gasteiger charge is 2.30. The van der Waals surface area contributed by atoms with E-state index in [4.69, 9.17) is 9.97 Å². The molecule has 0 saturated carbocycles. The summed E-state index contributed by atoms with van der Waals surface area (Å²) in [6, 6.07) is 57.0. The molecular formula is C65H67N3O. The molecule has 0 saturated heterocycles. The summed E-state index contributed by atoms with van der Waals surface area (Å²) in [6.45, 7) is 29.0. The number of pyridine rings is 1. The number of nitrogens with zero attached hydrogens (tertiary/aromatic N) is 3. The van der Waals surface area contributed by atoms with Gasteiger partial charge in [0.05, 0.1) is 28.0 Å². The van der Waals surface area contributed by atoms with Crippen molar-refractivity contribution in [2.75, 3.05) is 0 Å². The molecule has 4 heteroatoms. The lowest BCUT2D eigenvalue weighted by molar-refractivity contribution is 0.446. The fraction of sp³-hybridized carbons (Fsp3) is 0.262. The molecule has 0 radical (unpaired) electrons. The van der Waals surface area contributed by atoms with E-state index in [0.717, 1.165) is 83.6 Å². The normalized spacial score (nSPS) is 12.5. The van der Waals surface area contributed by atoms with Gasteiger partial charge in [-0.3, -0.25) is 9.55 Å². The summed E-state index contributed by atoms with van der Waals surface area (Å²) >= 11 is 0. The van der Waals surface area contributed by atoms with Crippen LogP contribution >= 0.6 is 0 Å². The molecule has 0 unspecified atom stereocenters. The van der Waals surface area contributed by atoms with Crippen LogP contribution in [0.1, 0.15) is 111 Å². The Kier molecular flexibility index (Phi) is 11.9. The molecule has 2 heterocycles. The quantitative estimate of drug-likeness (QED) is 0.173. The highest BCUT2D eigenvalue weighted by atomic mass is 16.3. The smallest absolute Gasteiger partial charge is 0.149 e. The van der Waals surface area contributed by atoms with Gasteiger partial charge >= 0.3 is 0 Å². The van der Waals surface area contributed by atoms with Gasteiger partial charge in [0.2, 0.25) is 0 Å². The summed E-state index contributed by atoms with van der Waals surface area (Å²) in [6.07, 6.45) is 1.92. The van der Waals surface area contributed by atoms with Crippen LogP contribution in [0.25, 0.3) is 83.9 Å². The van der Waals surface area contributed by atoms with Crippen LogP contribution in [0.5, 0.6) is 5.75 Å². The molecule has 0 spiro atoms. The Bertz CT molecular complexity index is 3350. The van der Waals surface area contributed by atoms with E-state index in [1.54, 1.807) is 0 Å². The first-order chi connectivity index (χ1) is 32.6. The van der Waals surface area contributed by atoms with Gasteiger partial charge in [0.1, 0.15) is 11.6 Å². The second kappa shape index (κ2) is 17.5. The van der Waals surface area contributed by atoms with E-state index in [-0.39, 0.29) is 27.4 Å². The van der Waals surface area contributed by atoms with E-state index in [9.17, 15) is 5.11 Å². The van der Waals surface area contributed by atoms with Crippen molar-refractivity contribution in [1.29, 1.82) is 0 Å². The highest BCUT2D eigenvalue weighted by molar-refractivity contribution is 5.98. The van der Waals surface area contributed by atoms with E-state index in [1.165, 1.54) is 16.7 Å². The molecule has 0 aliphatic rings. The van der Waals surface area contributed by atoms with Gasteiger partial charge in [0.15, 0.2) is 0 Å². The number of aryl methyl sites for hydroxylation is 1. The number of aromatic nitrogens is 3. The minimum absolute atomic E-state index is 0.000763. The number of phenols is 1. The van der Waals surface area contributed by atoms with Crippen molar-refractivity contribution < 1.29 is 5.11 Å². The number of aromatic hydroxyl groups is 1. The topological polar surface area (TPSA) is 50.9 Å². The third kappa shape index (κ3) is 9.30. The minimum atomic E-state index is -0.342. The Morgan fingerprint density at radius 1 is 0.420 bits per heavy atom. The fourth-order valence-corrected chi connectivity index (χ4v) is 9.52. The zero-order chi connectivity index (χ0) is 49.2. The summed E-state index contributed by atoms with van der Waals surface area (Å²) in [5.74, 6) is 0.944. The van der Waals surface area contributed by atoms with Gasteiger partial charge in [-0.2, -0.15) is 0 Å². The van der Waals surface area contributed by atoms with Gasteiger partial charge < -0.3 is 5.11 Å². The van der Waals surface area contributed by atoms with Crippen LogP contribution in [-0.4, -0.2) is 19.6 Å². The van der Waals surface area contributed by atoms with Gasteiger partial charge in [0, 0.05) is 28.5 Å². The Morgan fingerprint density at radius 3 is 1.64 bits per heavy atom.